The van der Waals surface area contributed by atoms with Gasteiger partial charge in [-0.2, -0.15) is 4.99 Å². The number of thioether (sulfide) groups is 1. The third kappa shape index (κ3) is 3.28. The zero-order valence-electron chi connectivity index (χ0n) is 11.9. The van der Waals surface area contributed by atoms with Crippen LogP contribution in [0.15, 0.2) is 34.2 Å². The third-order valence-electron chi connectivity index (χ3n) is 3.66. The summed E-state index contributed by atoms with van der Waals surface area (Å²) in [6, 6.07) is 6.87. The highest BCUT2D eigenvalue weighted by atomic mass is 32.2. The maximum Gasteiger partial charge on any atom is 0.286 e. The predicted molar refractivity (Wildman–Crippen MR) is 84.3 cm³/mol. The molecule has 110 valence electrons. The molecule has 0 spiro atoms. The largest absolute Gasteiger partial charge is 0.508 e. The predicted octanol–water partition coefficient (Wildman–Crippen LogP) is 0.193. The molecule has 1 aromatic rings. The Balaban J connectivity index is 1.73. The van der Waals surface area contributed by atoms with E-state index in [9.17, 15) is 9.90 Å². The van der Waals surface area contributed by atoms with Crippen LogP contribution < -0.4 is 4.90 Å². The summed E-state index contributed by atoms with van der Waals surface area (Å²) in [5.74, 6) is 0.00704. The quantitative estimate of drug-likeness (QED) is 0.728. The van der Waals surface area contributed by atoms with Gasteiger partial charge in [-0.15, -0.1) is 0 Å². The molecule has 5 nitrogen and oxygen atoms in total. The second-order valence-corrected chi connectivity index (χ2v) is 6.36. The molecular formula is C15H18N3O2S+. The van der Waals surface area contributed by atoms with E-state index in [4.69, 9.17) is 0 Å². The van der Waals surface area contributed by atoms with Gasteiger partial charge in [-0.25, -0.2) is 0 Å². The van der Waals surface area contributed by atoms with Crippen molar-refractivity contribution in [2.75, 3.05) is 33.2 Å². The fourth-order valence-corrected chi connectivity index (χ4v) is 3.34. The van der Waals surface area contributed by atoms with Crippen LogP contribution in [0, 0.1) is 0 Å². The van der Waals surface area contributed by atoms with E-state index in [0.29, 0.717) is 4.91 Å². The highest BCUT2D eigenvalue weighted by Gasteiger charge is 2.28. The van der Waals surface area contributed by atoms with Gasteiger partial charge in [-0.3, -0.25) is 4.79 Å². The first-order valence-corrected chi connectivity index (χ1v) is 7.81. The van der Waals surface area contributed by atoms with Crippen molar-refractivity contribution in [1.29, 1.82) is 0 Å². The molecule has 1 aromatic carbocycles. The summed E-state index contributed by atoms with van der Waals surface area (Å²) in [5, 5.41) is 10.3. The van der Waals surface area contributed by atoms with Crippen molar-refractivity contribution < 1.29 is 14.8 Å². The fourth-order valence-electron chi connectivity index (χ4n) is 2.38. The Morgan fingerprint density at radius 3 is 2.86 bits per heavy atom. The van der Waals surface area contributed by atoms with Crippen LogP contribution in [0.5, 0.6) is 5.75 Å². The van der Waals surface area contributed by atoms with E-state index in [0.717, 1.165) is 36.9 Å². The fraction of sp³-hybridized carbons (Fsp3) is 0.333. The Kier molecular flexibility index (Phi) is 3.98. The minimum atomic E-state index is -0.190. The van der Waals surface area contributed by atoms with Crippen LogP contribution in [0.4, 0.5) is 0 Å². The average molecular weight is 304 g/mol. The number of rotatable bonds is 1. The standard InChI is InChI=1S/C15H17N3O2S/c1-17-5-7-18(8-6-17)15-16-14(20)13(21-15)10-11-3-2-4-12(19)9-11/h2-4,9-10,19H,5-8H2,1H3/p+1/b13-10-. The first kappa shape index (κ1) is 14.2. The van der Waals surface area contributed by atoms with E-state index in [1.165, 1.54) is 16.7 Å². The van der Waals surface area contributed by atoms with Crippen LogP contribution in [0.2, 0.25) is 0 Å². The summed E-state index contributed by atoms with van der Waals surface area (Å²) in [6.45, 7) is 4.01. The average Bonchev–Trinajstić information content (AvgIpc) is 2.81. The summed E-state index contributed by atoms with van der Waals surface area (Å²) >= 11 is 1.42. The number of likely N-dealkylation sites (N-methyl/N-ethyl adjacent to an activating group) is 1. The number of aliphatic imine (C=N–C) groups is 1. The molecule has 6 heteroatoms. The molecular weight excluding hydrogens is 286 g/mol. The van der Waals surface area contributed by atoms with E-state index >= 15 is 0 Å². The Hall–Kier alpha value is -1.79. The maximum absolute atomic E-state index is 12.0. The first-order valence-electron chi connectivity index (χ1n) is 7.00. The van der Waals surface area contributed by atoms with Crippen LogP contribution in [-0.4, -0.2) is 54.3 Å². The summed E-state index contributed by atoms with van der Waals surface area (Å²) in [7, 11) is 2.18. The lowest BCUT2D eigenvalue weighted by atomic mass is 10.2. The van der Waals surface area contributed by atoms with Gasteiger partial charge in [-0.1, -0.05) is 12.1 Å². The summed E-state index contributed by atoms with van der Waals surface area (Å²) in [4.78, 5) is 20.5. The molecule has 0 radical (unpaired) electrons. The molecule has 0 aromatic heterocycles. The van der Waals surface area contributed by atoms with Crippen LogP contribution in [0.1, 0.15) is 5.56 Å². The molecule has 2 aliphatic heterocycles. The van der Waals surface area contributed by atoms with Gasteiger partial charge in [0.2, 0.25) is 0 Å². The lowest BCUT2D eigenvalue weighted by molar-refractivity contribution is -0.883. The second-order valence-electron chi connectivity index (χ2n) is 5.35. The first-order chi connectivity index (χ1) is 10.1. The van der Waals surface area contributed by atoms with Gasteiger partial charge >= 0.3 is 0 Å². The smallest absolute Gasteiger partial charge is 0.286 e. The van der Waals surface area contributed by atoms with E-state index in [2.05, 4.69) is 16.9 Å². The number of benzene rings is 1. The highest BCUT2D eigenvalue weighted by Crippen LogP contribution is 2.30. The number of carbonyl (C=O) groups is 1. The number of amidine groups is 1. The summed E-state index contributed by atoms with van der Waals surface area (Å²) in [5.41, 5.74) is 0.810. The van der Waals surface area contributed by atoms with Crippen molar-refractivity contribution in [3.8, 4) is 5.75 Å². The molecule has 1 saturated heterocycles. The second kappa shape index (κ2) is 5.91. The summed E-state index contributed by atoms with van der Waals surface area (Å²) in [6.07, 6.45) is 1.78. The monoisotopic (exact) mass is 304 g/mol. The maximum atomic E-state index is 12.0. The number of amides is 1. The molecule has 0 unspecified atom stereocenters. The number of phenols is 1. The molecule has 0 aliphatic carbocycles. The molecule has 2 N–H and O–H groups in total. The van der Waals surface area contributed by atoms with Crippen molar-refractivity contribution in [2.24, 2.45) is 4.99 Å². The van der Waals surface area contributed by atoms with Gasteiger partial charge in [0.1, 0.15) is 5.75 Å². The van der Waals surface area contributed by atoms with Gasteiger partial charge in [0.15, 0.2) is 5.17 Å². The molecule has 21 heavy (non-hydrogen) atoms. The van der Waals surface area contributed by atoms with Gasteiger partial charge in [0, 0.05) is 0 Å². The van der Waals surface area contributed by atoms with Crippen LogP contribution in [-0.2, 0) is 4.79 Å². The van der Waals surface area contributed by atoms with Gasteiger partial charge in [0.05, 0.1) is 38.1 Å². The van der Waals surface area contributed by atoms with Gasteiger partial charge < -0.3 is 14.9 Å². The van der Waals surface area contributed by atoms with E-state index < -0.39 is 0 Å². The number of nitrogens with zero attached hydrogens (tertiary/aromatic N) is 2. The van der Waals surface area contributed by atoms with E-state index in [-0.39, 0.29) is 11.7 Å². The molecule has 2 heterocycles. The number of phenolic OH excluding ortho intramolecular Hbond substituents is 1. The topological polar surface area (TPSA) is 57.3 Å². The lowest BCUT2D eigenvalue weighted by Crippen LogP contribution is -3.12. The minimum Gasteiger partial charge on any atom is -0.508 e. The Bertz CT molecular complexity index is 619. The SMILES string of the molecule is C[NH+]1CCN(C2=NC(=O)/C(=C/c3cccc(O)c3)S2)CC1. The number of piperazine rings is 1. The van der Waals surface area contributed by atoms with Crippen molar-refractivity contribution >= 4 is 28.9 Å². The van der Waals surface area contributed by atoms with Crippen LogP contribution in [0.3, 0.4) is 0 Å². The molecule has 0 bridgehead atoms. The van der Waals surface area contributed by atoms with Crippen LogP contribution >= 0.6 is 11.8 Å². The Labute approximate surface area is 128 Å². The zero-order chi connectivity index (χ0) is 14.8. The Morgan fingerprint density at radius 1 is 1.38 bits per heavy atom. The van der Waals surface area contributed by atoms with Crippen molar-refractivity contribution in [1.82, 2.24) is 4.90 Å². The summed E-state index contributed by atoms with van der Waals surface area (Å²) < 4.78 is 0. The Morgan fingerprint density at radius 2 is 2.14 bits per heavy atom. The van der Waals surface area contributed by atoms with Crippen molar-refractivity contribution in [3.63, 3.8) is 0 Å². The number of carbonyl (C=O) groups excluding carboxylic acids is 1. The van der Waals surface area contributed by atoms with Gasteiger partial charge in [-0.05, 0) is 35.5 Å². The molecule has 0 atom stereocenters. The molecule has 2 aliphatic rings. The number of hydrogen-bond donors (Lipinski definition) is 2. The molecule has 3 rings (SSSR count). The van der Waals surface area contributed by atoms with Crippen LogP contribution in [0.25, 0.3) is 6.08 Å². The highest BCUT2D eigenvalue weighted by molar-refractivity contribution is 8.18. The minimum absolute atomic E-state index is 0.190. The third-order valence-corrected chi connectivity index (χ3v) is 4.71. The number of aromatic hydroxyl groups is 1. The number of quaternary nitrogens is 1. The van der Waals surface area contributed by atoms with Crippen molar-refractivity contribution in [2.45, 2.75) is 0 Å². The molecule has 0 saturated carbocycles. The number of hydrogen-bond acceptors (Lipinski definition) is 4. The normalized spacial score (nSPS) is 22.0. The lowest BCUT2D eigenvalue weighted by Gasteiger charge is -2.30. The van der Waals surface area contributed by atoms with E-state index in [1.54, 1.807) is 24.3 Å². The molecule has 1 amide bonds. The van der Waals surface area contributed by atoms with E-state index in [1.807, 2.05) is 6.07 Å². The van der Waals surface area contributed by atoms with Gasteiger partial charge in [0.25, 0.3) is 5.91 Å². The van der Waals surface area contributed by atoms with Crippen molar-refractivity contribution in [3.05, 3.63) is 34.7 Å². The zero-order valence-corrected chi connectivity index (χ0v) is 12.7. The molecule has 1 fully saturated rings. The number of nitrogens with one attached hydrogen (secondary N) is 1.